The van der Waals surface area contributed by atoms with Crippen LogP contribution in [0.4, 0.5) is 0 Å². The molecule has 23 heavy (non-hydrogen) atoms. The summed E-state index contributed by atoms with van der Waals surface area (Å²) in [5, 5.41) is 6.79. The van der Waals surface area contributed by atoms with Crippen LogP contribution in [0.1, 0.15) is 39.5 Å². The van der Waals surface area contributed by atoms with Gasteiger partial charge in [0.25, 0.3) is 0 Å². The second-order valence-electron chi connectivity index (χ2n) is 6.84. The lowest BCUT2D eigenvalue weighted by Gasteiger charge is -2.43. The van der Waals surface area contributed by atoms with Gasteiger partial charge in [0.15, 0.2) is 5.96 Å². The van der Waals surface area contributed by atoms with E-state index in [9.17, 15) is 0 Å². The highest BCUT2D eigenvalue weighted by Gasteiger charge is 2.37. The van der Waals surface area contributed by atoms with E-state index >= 15 is 0 Å². The number of guanidine groups is 1. The maximum absolute atomic E-state index is 5.62. The van der Waals surface area contributed by atoms with E-state index in [2.05, 4.69) is 34.5 Å². The minimum Gasteiger partial charge on any atom is -0.490 e. The van der Waals surface area contributed by atoms with Crippen molar-refractivity contribution in [3.63, 3.8) is 0 Å². The fourth-order valence-electron chi connectivity index (χ4n) is 3.26. The summed E-state index contributed by atoms with van der Waals surface area (Å²) in [7, 11) is 1.81. The zero-order valence-electron chi connectivity index (χ0n) is 14.6. The SMILES string of the molecule is CN=C(NCCOc1cccnc1)NCC1(CC(C)C)CCC1. The normalized spacial score (nSPS) is 16.8. The molecule has 0 radical (unpaired) electrons. The molecule has 1 aromatic rings. The van der Waals surface area contributed by atoms with Crippen molar-refractivity contribution in [2.24, 2.45) is 16.3 Å². The van der Waals surface area contributed by atoms with Gasteiger partial charge in [0.2, 0.25) is 0 Å². The molecule has 5 heteroatoms. The Morgan fingerprint density at radius 1 is 1.39 bits per heavy atom. The lowest BCUT2D eigenvalue weighted by atomic mass is 9.64. The number of nitrogens with one attached hydrogen (secondary N) is 2. The molecular formula is C18H30N4O. The van der Waals surface area contributed by atoms with Crippen LogP contribution in [0.15, 0.2) is 29.5 Å². The number of aliphatic imine (C=N–C) groups is 1. The average molecular weight is 318 g/mol. The summed E-state index contributed by atoms with van der Waals surface area (Å²) in [4.78, 5) is 8.33. The first-order valence-electron chi connectivity index (χ1n) is 8.61. The van der Waals surface area contributed by atoms with Crippen LogP contribution in [0.5, 0.6) is 5.75 Å². The third-order valence-corrected chi connectivity index (χ3v) is 4.41. The van der Waals surface area contributed by atoms with E-state index < -0.39 is 0 Å². The molecule has 0 amide bonds. The third-order valence-electron chi connectivity index (χ3n) is 4.41. The molecule has 1 aromatic heterocycles. The van der Waals surface area contributed by atoms with Crippen LogP contribution in [0.25, 0.3) is 0 Å². The van der Waals surface area contributed by atoms with Gasteiger partial charge in [-0.25, -0.2) is 0 Å². The zero-order chi connectivity index (χ0) is 16.5. The second-order valence-corrected chi connectivity index (χ2v) is 6.84. The van der Waals surface area contributed by atoms with Crippen LogP contribution in [-0.4, -0.2) is 37.7 Å². The fraction of sp³-hybridized carbons (Fsp3) is 0.667. The monoisotopic (exact) mass is 318 g/mol. The number of hydrogen-bond donors (Lipinski definition) is 2. The van der Waals surface area contributed by atoms with Gasteiger partial charge >= 0.3 is 0 Å². The molecular weight excluding hydrogens is 288 g/mol. The Hall–Kier alpha value is -1.78. The van der Waals surface area contributed by atoms with Crippen LogP contribution in [0, 0.1) is 11.3 Å². The number of pyridine rings is 1. The Morgan fingerprint density at radius 3 is 2.78 bits per heavy atom. The molecule has 1 aliphatic rings. The van der Waals surface area contributed by atoms with Gasteiger partial charge in [-0.3, -0.25) is 9.98 Å². The van der Waals surface area contributed by atoms with E-state index in [1.807, 2.05) is 19.2 Å². The topological polar surface area (TPSA) is 58.5 Å². The summed E-state index contributed by atoms with van der Waals surface area (Å²) < 4.78 is 5.62. The smallest absolute Gasteiger partial charge is 0.191 e. The predicted molar refractivity (Wildman–Crippen MR) is 94.8 cm³/mol. The zero-order valence-corrected chi connectivity index (χ0v) is 14.6. The van der Waals surface area contributed by atoms with Gasteiger partial charge in [-0.1, -0.05) is 20.3 Å². The van der Waals surface area contributed by atoms with Crippen LogP contribution in [0.2, 0.25) is 0 Å². The first kappa shape index (κ1) is 17.6. The van der Waals surface area contributed by atoms with Crippen molar-refractivity contribution in [2.75, 3.05) is 26.7 Å². The van der Waals surface area contributed by atoms with Crippen molar-refractivity contribution in [3.05, 3.63) is 24.5 Å². The van der Waals surface area contributed by atoms with Crippen molar-refractivity contribution >= 4 is 5.96 Å². The molecule has 0 bridgehead atoms. The molecule has 128 valence electrons. The highest BCUT2D eigenvalue weighted by atomic mass is 16.5. The first-order valence-corrected chi connectivity index (χ1v) is 8.61. The number of rotatable bonds is 8. The lowest BCUT2D eigenvalue weighted by molar-refractivity contribution is 0.104. The highest BCUT2D eigenvalue weighted by molar-refractivity contribution is 5.79. The lowest BCUT2D eigenvalue weighted by Crippen LogP contribution is -2.47. The maximum Gasteiger partial charge on any atom is 0.191 e. The second kappa shape index (κ2) is 8.75. The molecule has 0 aromatic carbocycles. The van der Waals surface area contributed by atoms with Gasteiger partial charge < -0.3 is 15.4 Å². The minimum atomic E-state index is 0.470. The highest BCUT2D eigenvalue weighted by Crippen LogP contribution is 2.45. The fourth-order valence-corrected chi connectivity index (χ4v) is 3.26. The quantitative estimate of drug-likeness (QED) is 0.440. The molecule has 1 heterocycles. The number of aromatic nitrogens is 1. The van der Waals surface area contributed by atoms with Crippen LogP contribution >= 0.6 is 0 Å². The van der Waals surface area contributed by atoms with Gasteiger partial charge in [0.05, 0.1) is 12.7 Å². The number of ether oxygens (including phenoxy) is 1. The summed E-state index contributed by atoms with van der Waals surface area (Å²) in [6.07, 6.45) is 8.78. The molecule has 1 saturated carbocycles. The minimum absolute atomic E-state index is 0.470. The van der Waals surface area contributed by atoms with Crippen molar-refractivity contribution in [1.82, 2.24) is 15.6 Å². The Balaban J connectivity index is 1.67. The molecule has 5 nitrogen and oxygen atoms in total. The van der Waals surface area contributed by atoms with E-state index in [0.717, 1.165) is 24.2 Å². The van der Waals surface area contributed by atoms with E-state index in [-0.39, 0.29) is 0 Å². The Bertz CT molecular complexity index is 483. The molecule has 2 rings (SSSR count). The van der Waals surface area contributed by atoms with Crippen molar-refractivity contribution in [1.29, 1.82) is 0 Å². The van der Waals surface area contributed by atoms with Crippen molar-refractivity contribution in [3.8, 4) is 5.75 Å². The summed E-state index contributed by atoms with van der Waals surface area (Å²) in [6.45, 7) is 6.93. The molecule has 0 unspecified atom stereocenters. The van der Waals surface area contributed by atoms with Crippen LogP contribution in [-0.2, 0) is 0 Å². The van der Waals surface area contributed by atoms with Gasteiger partial charge in [0.1, 0.15) is 12.4 Å². The number of hydrogen-bond acceptors (Lipinski definition) is 3. The Labute approximate surface area is 139 Å². The predicted octanol–water partition coefficient (Wildman–Crippen LogP) is 2.84. The largest absolute Gasteiger partial charge is 0.490 e. The molecule has 1 aliphatic carbocycles. The van der Waals surface area contributed by atoms with Crippen molar-refractivity contribution < 1.29 is 4.74 Å². The summed E-state index contributed by atoms with van der Waals surface area (Å²) in [6, 6.07) is 3.78. The molecule has 2 N–H and O–H groups in total. The maximum atomic E-state index is 5.62. The van der Waals surface area contributed by atoms with E-state index in [1.54, 1.807) is 12.4 Å². The summed E-state index contributed by atoms with van der Waals surface area (Å²) in [5.74, 6) is 2.40. The van der Waals surface area contributed by atoms with Gasteiger partial charge in [-0.05, 0) is 42.7 Å². The van der Waals surface area contributed by atoms with Gasteiger partial charge in [-0.2, -0.15) is 0 Å². The molecule has 1 fully saturated rings. The molecule has 0 saturated heterocycles. The third kappa shape index (κ3) is 5.73. The first-order chi connectivity index (χ1) is 11.1. The summed E-state index contributed by atoms with van der Waals surface area (Å²) in [5.41, 5.74) is 0.470. The summed E-state index contributed by atoms with van der Waals surface area (Å²) >= 11 is 0. The van der Waals surface area contributed by atoms with Gasteiger partial charge in [0, 0.05) is 19.8 Å². The van der Waals surface area contributed by atoms with Crippen molar-refractivity contribution in [2.45, 2.75) is 39.5 Å². The standard InChI is InChI=1S/C18H30N4O/c1-15(2)12-18(7-5-8-18)14-22-17(19-3)21-10-11-23-16-6-4-9-20-13-16/h4,6,9,13,15H,5,7-8,10-12,14H2,1-3H3,(H2,19,21,22). The van der Waals surface area contributed by atoms with E-state index in [4.69, 9.17) is 4.74 Å². The molecule has 0 atom stereocenters. The van der Waals surface area contributed by atoms with Gasteiger partial charge in [-0.15, -0.1) is 0 Å². The Morgan fingerprint density at radius 2 is 2.22 bits per heavy atom. The number of nitrogens with zero attached hydrogens (tertiary/aromatic N) is 2. The molecule has 0 aliphatic heterocycles. The van der Waals surface area contributed by atoms with E-state index in [1.165, 1.54) is 25.7 Å². The van der Waals surface area contributed by atoms with Crippen LogP contribution in [0.3, 0.4) is 0 Å². The Kier molecular flexibility index (Phi) is 6.68. The van der Waals surface area contributed by atoms with E-state index in [0.29, 0.717) is 18.6 Å². The van der Waals surface area contributed by atoms with Crippen LogP contribution < -0.4 is 15.4 Å². The molecule has 0 spiro atoms. The average Bonchev–Trinajstić information content (AvgIpc) is 2.52.